The number of methoxy groups -OCH3 is 3. The highest BCUT2D eigenvalue weighted by atomic mass is 32.1. The second-order valence-corrected chi connectivity index (χ2v) is 6.65. The zero-order chi connectivity index (χ0) is 18.7. The first-order valence-corrected chi connectivity index (χ1v) is 8.90. The van der Waals surface area contributed by atoms with Crippen LogP contribution in [0.3, 0.4) is 0 Å². The number of anilines is 1. The Morgan fingerprint density at radius 3 is 2.46 bits per heavy atom. The van der Waals surface area contributed by atoms with Crippen LogP contribution >= 0.6 is 11.3 Å². The van der Waals surface area contributed by atoms with Crippen LogP contribution in [0.1, 0.15) is 20.8 Å². The van der Waals surface area contributed by atoms with E-state index in [4.69, 9.17) is 14.2 Å². The van der Waals surface area contributed by atoms with Gasteiger partial charge in [0.1, 0.15) is 4.88 Å². The van der Waals surface area contributed by atoms with Crippen molar-refractivity contribution in [2.24, 2.45) is 0 Å². The standard InChI is InChI=1S/C18H20N2O5S/c1-23-14-8-11-4-6-20(10-12(11)9-15(14)24-2)18(22)19-13-5-7-26-16(13)17(21)25-3/h5,7-9H,4,6,10H2,1-3H3,(H,19,22). The maximum absolute atomic E-state index is 12.6. The fraction of sp³-hybridized carbons (Fsp3) is 0.333. The quantitative estimate of drug-likeness (QED) is 0.830. The molecule has 0 aliphatic carbocycles. The number of fused-ring (bicyclic) bond motifs is 1. The smallest absolute Gasteiger partial charge is 0.350 e. The molecule has 0 fully saturated rings. The number of nitrogens with zero attached hydrogens (tertiary/aromatic N) is 1. The number of nitrogens with one attached hydrogen (secondary N) is 1. The van der Waals surface area contributed by atoms with Gasteiger partial charge in [0.15, 0.2) is 11.5 Å². The molecule has 8 heteroatoms. The molecule has 0 saturated carbocycles. The van der Waals surface area contributed by atoms with Crippen LogP contribution in [0.4, 0.5) is 10.5 Å². The van der Waals surface area contributed by atoms with Crippen molar-refractivity contribution in [3.63, 3.8) is 0 Å². The molecule has 0 atom stereocenters. The van der Waals surface area contributed by atoms with E-state index < -0.39 is 5.97 Å². The van der Waals surface area contributed by atoms with Crippen LogP contribution in [0.5, 0.6) is 11.5 Å². The van der Waals surface area contributed by atoms with Gasteiger partial charge in [0, 0.05) is 13.1 Å². The lowest BCUT2D eigenvalue weighted by Crippen LogP contribution is -2.39. The third-order valence-corrected chi connectivity index (χ3v) is 5.18. The zero-order valence-corrected chi connectivity index (χ0v) is 15.6. The molecule has 1 aromatic carbocycles. The molecule has 2 aromatic rings. The lowest BCUT2D eigenvalue weighted by atomic mass is 9.99. The third kappa shape index (κ3) is 3.45. The second kappa shape index (κ2) is 7.65. The molecule has 0 radical (unpaired) electrons. The van der Waals surface area contributed by atoms with Gasteiger partial charge in [0.25, 0.3) is 0 Å². The first kappa shape index (κ1) is 18.1. The molecule has 0 bridgehead atoms. The van der Waals surface area contributed by atoms with E-state index in [0.717, 1.165) is 17.5 Å². The maximum atomic E-state index is 12.6. The minimum Gasteiger partial charge on any atom is -0.493 e. The second-order valence-electron chi connectivity index (χ2n) is 5.73. The summed E-state index contributed by atoms with van der Waals surface area (Å²) in [6.45, 7) is 1.03. The van der Waals surface area contributed by atoms with Gasteiger partial charge in [-0.3, -0.25) is 0 Å². The molecule has 0 saturated heterocycles. The van der Waals surface area contributed by atoms with Crippen molar-refractivity contribution in [1.29, 1.82) is 0 Å². The fourth-order valence-electron chi connectivity index (χ4n) is 2.91. The average molecular weight is 376 g/mol. The normalized spacial score (nSPS) is 13.0. The molecule has 2 heterocycles. The Morgan fingerprint density at radius 1 is 1.12 bits per heavy atom. The highest BCUT2D eigenvalue weighted by Crippen LogP contribution is 2.33. The van der Waals surface area contributed by atoms with Gasteiger partial charge in [-0.25, -0.2) is 9.59 Å². The Bertz CT molecular complexity index is 833. The van der Waals surface area contributed by atoms with Crippen molar-refractivity contribution < 1.29 is 23.8 Å². The molecule has 26 heavy (non-hydrogen) atoms. The summed E-state index contributed by atoms with van der Waals surface area (Å²) in [6.07, 6.45) is 0.719. The molecule has 3 rings (SSSR count). The Kier molecular flexibility index (Phi) is 5.32. The summed E-state index contributed by atoms with van der Waals surface area (Å²) in [5, 5.41) is 4.54. The average Bonchev–Trinajstić information content (AvgIpc) is 3.13. The van der Waals surface area contributed by atoms with Crippen LogP contribution in [0, 0.1) is 0 Å². The van der Waals surface area contributed by atoms with Gasteiger partial charge >= 0.3 is 12.0 Å². The number of ether oxygens (including phenoxy) is 3. The van der Waals surface area contributed by atoms with Crippen molar-refractivity contribution in [3.8, 4) is 11.5 Å². The number of urea groups is 1. The molecule has 1 N–H and O–H groups in total. The topological polar surface area (TPSA) is 77.1 Å². The largest absolute Gasteiger partial charge is 0.493 e. The van der Waals surface area contributed by atoms with Crippen LogP contribution in [0.15, 0.2) is 23.6 Å². The Morgan fingerprint density at radius 2 is 1.81 bits per heavy atom. The number of carbonyl (C=O) groups excluding carboxylic acids is 2. The summed E-state index contributed by atoms with van der Waals surface area (Å²) in [5.74, 6) is 0.862. The van der Waals surface area contributed by atoms with Gasteiger partial charge in [0.05, 0.1) is 27.0 Å². The van der Waals surface area contributed by atoms with Crippen LogP contribution < -0.4 is 14.8 Å². The summed E-state index contributed by atoms with van der Waals surface area (Å²) in [4.78, 5) is 26.5. The third-order valence-electron chi connectivity index (χ3n) is 4.28. The number of rotatable bonds is 4. The van der Waals surface area contributed by atoms with E-state index in [-0.39, 0.29) is 6.03 Å². The van der Waals surface area contributed by atoms with Crippen molar-refractivity contribution in [3.05, 3.63) is 39.6 Å². The van der Waals surface area contributed by atoms with Gasteiger partial charge in [-0.05, 0) is 41.1 Å². The van der Waals surface area contributed by atoms with Gasteiger partial charge < -0.3 is 24.4 Å². The molecule has 1 aliphatic rings. The molecule has 2 amide bonds. The lowest BCUT2D eigenvalue weighted by Gasteiger charge is -2.29. The van der Waals surface area contributed by atoms with E-state index >= 15 is 0 Å². The fourth-order valence-corrected chi connectivity index (χ4v) is 3.68. The van der Waals surface area contributed by atoms with E-state index in [0.29, 0.717) is 35.2 Å². The summed E-state index contributed by atoms with van der Waals surface area (Å²) >= 11 is 1.23. The lowest BCUT2D eigenvalue weighted by molar-refractivity contribution is 0.0607. The Labute approximate surface area is 155 Å². The van der Waals surface area contributed by atoms with E-state index in [1.54, 1.807) is 30.6 Å². The zero-order valence-electron chi connectivity index (χ0n) is 14.8. The number of thiophene rings is 1. The van der Waals surface area contributed by atoms with Crippen LogP contribution in [-0.4, -0.2) is 44.8 Å². The minimum absolute atomic E-state index is 0.256. The van der Waals surface area contributed by atoms with Crippen LogP contribution in [-0.2, 0) is 17.7 Å². The number of amides is 2. The van der Waals surface area contributed by atoms with E-state index in [1.807, 2.05) is 12.1 Å². The monoisotopic (exact) mass is 376 g/mol. The van der Waals surface area contributed by atoms with Crippen LogP contribution in [0.2, 0.25) is 0 Å². The molecule has 1 aromatic heterocycles. The summed E-state index contributed by atoms with van der Waals surface area (Å²) in [5.41, 5.74) is 2.62. The highest BCUT2D eigenvalue weighted by molar-refractivity contribution is 7.12. The number of hydrogen-bond donors (Lipinski definition) is 1. The van der Waals surface area contributed by atoms with E-state index in [2.05, 4.69) is 5.32 Å². The van der Waals surface area contributed by atoms with E-state index in [9.17, 15) is 9.59 Å². The molecule has 138 valence electrons. The summed E-state index contributed by atoms with van der Waals surface area (Å²) < 4.78 is 15.4. The summed E-state index contributed by atoms with van der Waals surface area (Å²) in [6, 6.07) is 5.30. The Hall–Kier alpha value is -2.74. The van der Waals surface area contributed by atoms with Crippen molar-refractivity contribution in [2.75, 3.05) is 33.2 Å². The summed E-state index contributed by atoms with van der Waals surface area (Å²) in [7, 11) is 4.51. The first-order chi connectivity index (χ1) is 12.6. The van der Waals surface area contributed by atoms with Crippen molar-refractivity contribution in [1.82, 2.24) is 4.90 Å². The number of hydrogen-bond acceptors (Lipinski definition) is 6. The molecular formula is C18H20N2O5S. The molecule has 7 nitrogen and oxygen atoms in total. The number of carbonyl (C=O) groups is 2. The van der Waals surface area contributed by atoms with Gasteiger partial charge in [0.2, 0.25) is 0 Å². The van der Waals surface area contributed by atoms with Crippen LogP contribution in [0.25, 0.3) is 0 Å². The van der Waals surface area contributed by atoms with E-state index in [1.165, 1.54) is 18.4 Å². The molecule has 1 aliphatic heterocycles. The van der Waals surface area contributed by atoms with Gasteiger partial charge in [-0.1, -0.05) is 0 Å². The number of benzene rings is 1. The van der Waals surface area contributed by atoms with Gasteiger partial charge in [-0.15, -0.1) is 11.3 Å². The molecule has 0 spiro atoms. The minimum atomic E-state index is -0.462. The Balaban J connectivity index is 1.75. The van der Waals surface area contributed by atoms with Crippen molar-refractivity contribution >= 4 is 29.0 Å². The molecular weight excluding hydrogens is 356 g/mol. The number of esters is 1. The maximum Gasteiger partial charge on any atom is 0.350 e. The molecule has 0 unspecified atom stereocenters. The predicted octanol–water partition coefficient (Wildman–Crippen LogP) is 3.14. The predicted molar refractivity (Wildman–Crippen MR) is 98.3 cm³/mol. The SMILES string of the molecule is COC(=O)c1sccc1NC(=O)N1CCc2cc(OC)c(OC)cc2C1. The highest BCUT2D eigenvalue weighted by Gasteiger charge is 2.24. The van der Waals surface area contributed by atoms with Crippen molar-refractivity contribution in [2.45, 2.75) is 13.0 Å². The van der Waals surface area contributed by atoms with Gasteiger partial charge in [-0.2, -0.15) is 0 Å². The first-order valence-electron chi connectivity index (χ1n) is 8.03.